The molecule has 0 aliphatic rings. The molecule has 1 heterocycles. The molecular weight excluding hydrogens is 318 g/mol. The maximum atomic E-state index is 12.0. The summed E-state index contributed by atoms with van der Waals surface area (Å²) in [4.78, 5) is 33.9. The Morgan fingerprint density at radius 1 is 1.20 bits per heavy atom. The number of amides is 1. The van der Waals surface area contributed by atoms with Gasteiger partial charge in [-0.15, -0.1) is 0 Å². The van der Waals surface area contributed by atoms with Crippen molar-refractivity contribution >= 4 is 18.0 Å². The van der Waals surface area contributed by atoms with E-state index in [-0.39, 0.29) is 24.5 Å². The van der Waals surface area contributed by atoms with Crippen LogP contribution in [-0.2, 0) is 20.8 Å². The predicted octanol–water partition coefficient (Wildman–Crippen LogP) is 3.16. The van der Waals surface area contributed by atoms with Crippen molar-refractivity contribution < 1.29 is 18.8 Å². The fourth-order valence-electron chi connectivity index (χ4n) is 2.53. The molecule has 2 rings (SSSR count). The van der Waals surface area contributed by atoms with Crippen LogP contribution >= 0.6 is 0 Å². The second kappa shape index (κ2) is 8.42. The molecule has 0 saturated heterocycles. The molecule has 0 bridgehead atoms. The number of carbonyl (C=O) groups excluding carboxylic acids is 3. The number of ketones is 1. The van der Waals surface area contributed by atoms with E-state index in [0.717, 1.165) is 22.6 Å². The van der Waals surface area contributed by atoms with Gasteiger partial charge in [-0.3, -0.25) is 9.59 Å². The average molecular weight is 341 g/mol. The van der Waals surface area contributed by atoms with E-state index in [9.17, 15) is 14.4 Å². The summed E-state index contributed by atoms with van der Waals surface area (Å²) < 4.78 is 5.80. The fraction of sp³-hybridized carbons (Fsp3) is 0.350. The Bertz CT molecular complexity index is 759. The van der Waals surface area contributed by atoms with E-state index in [1.165, 1.54) is 5.56 Å². The van der Waals surface area contributed by atoms with E-state index in [4.69, 9.17) is 4.42 Å². The van der Waals surface area contributed by atoms with Gasteiger partial charge in [-0.1, -0.05) is 29.8 Å². The van der Waals surface area contributed by atoms with E-state index in [1.807, 2.05) is 44.2 Å². The zero-order valence-corrected chi connectivity index (χ0v) is 14.8. The minimum atomic E-state index is -0.647. The first-order valence-electron chi connectivity index (χ1n) is 8.32. The van der Waals surface area contributed by atoms with Gasteiger partial charge in [-0.2, -0.15) is 0 Å². The van der Waals surface area contributed by atoms with Gasteiger partial charge in [0.25, 0.3) is 0 Å². The van der Waals surface area contributed by atoms with Gasteiger partial charge in [0, 0.05) is 12.0 Å². The van der Waals surface area contributed by atoms with Crippen LogP contribution in [0.4, 0.5) is 0 Å². The number of nitrogens with one attached hydrogen (secondary N) is 1. The number of aldehydes is 1. The predicted molar refractivity (Wildman–Crippen MR) is 95.2 cm³/mol. The van der Waals surface area contributed by atoms with Crippen LogP contribution in [0.3, 0.4) is 0 Å². The first kappa shape index (κ1) is 18.6. The first-order valence-corrected chi connectivity index (χ1v) is 8.32. The lowest BCUT2D eigenvalue weighted by molar-refractivity contribution is -0.128. The monoisotopic (exact) mass is 341 g/mol. The number of carbonyl (C=O) groups is 3. The summed E-state index contributed by atoms with van der Waals surface area (Å²) in [5.41, 5.74) is 3.15. The third-order valence-corrected chi connectivity index (χ3v) is 4.12. The minimum Gasteiger partial charge on any atom is -0.461 e. The molecule has 1 unspecified atom stereocenters. The van der Waals surface area contributed by atoms with Crippen LogP contribution in [0.2, 0.25) is 0 Å². The SMILES string of the molecule is Cc1ccc(-c2cc(CCC(=O)NC(C)C(=O)CC=O)c(C)o2)cc1. The Morgan fingerprint density at radius 3 is 2.52 bits per heavy atom. The molecule has 1 aromatic carbocycles. The quantitative estimate of drug-likeness (QED) is 0.591. The molecular formula is C20H23NO4. The summed E-state index contributed by atoms with van der Waals surface area (Å²) in [5, 5.41) is 2.62. The second-order valence-electron chi connectivity index (χ2n) is 6.18. The van der Waals surface area contributed by atoms with Gasteiger partial charge in [0.2, 0.25) is 5.91 Å². The second-order valence-corrected chi connectivity index (χ2v) is 6.18. The van der Waals surface area contributed by atoms with E-state index >= 15 is 0 Å². The normalized spacial score (nSPS) is 11.8. The summed E-state index contributed by atoms with van der Waals surface area (Å²) in [6.07, 6.45) is 1.16. The Balaban J connectivity index is 1.95. The molecule has 1 atom stereocenters. The van der Waals surface area contributed by atoms with Crippen LogP contribution in [0.5, 0.6) is 0 Å². The summed E-state index contributed by atoms with van der Waals surface area (Å²) >= 11 is 0. The van der Waals surface area contributed by atoms with E-state index in [2.05, 4.69) is 5.32 Å². The van der Waals surface area contributed by atoms with E-state index in [1.54, 1.807) is 6.92 Å². The van der Waals surface area contributed by atoms with Crippen molar-refractivity contribution in [2.45, 2.75) is 46.1 Å². The van der Waals surface area contributed by atoms with Crippen LogP contribution in [0.15, 0.2) is 34.7 Å². The highest BCUT2D eigenvalue weighted by atomic mass is 16.3. The van der Waals surface area contributed by atoms with Crippen LogP contribution < -0.4 is 5.32 Å². The van der Waals surface area contributed by atoms with Crippen molar-refractivity contribution in [1.82, 2.24) is 5.32 Å². The summed E-state index contributed by atoms with van der Waals surface area (Å²) in [5.74, 6) is 1.06. The third-order valence-electron chi connectivity index (χ3n) is 4.12. The molecule has 132 valence electrons. The zero-order chi connectivity index (χ0) is 18.4. The van der Waals surface area contributed by atoms with Gasteiger partial charge in [0.1, 0.15) is 17.8 Å². The lowest BCUT2D eigenvalue weighted by Gasteiger charge is -2.11. The van der Waals surface area contributed by atoms with Crippen molar-refractivity contribution in [2.24, 2.45) is 0 Å². The molecule has 5 heteroatoms. The van der Waals surface area contributed by atoms with Gasteiger partial charge in [-0.25, -0.2) is 0 Å². The Labute approximate surface area is 147 Å². The first-order chi connectivity index (χ1) is 11.9. The van der Waals surface area contributed by atoms with Gasteiger partial charge < -0.3 is 14.5 Å². The Hall–Kier alpha value is -2.69. The molecule has 0 saturated carbocycles. The highest BCUT2D eigenvalue weighted by Gasteiger charge is 2.16. The van der Waals surface area contributed by atoms with Crippen LogP contribution in [0.1, 0.15) is 36.7 Å². The highest BCUT2D eigenvalue weighted by molar-refractivity contribution is 5.95. The lowest BCUT2D eigenvalue weighted by Crippen LogP contribution is -2.38. The molecule has 1 amide bonds. The number of rotatable bonds is 8. The molecule has 0 fully saturated rings. The lowest BCUT2D eigenvalue weighted by atomic mass is 10.1. The molecule has 1 N–H and O–H groups in total. The number of furan rings is 1. The molecule has 2 aromatic rings. The smallest absolute Gasteiger partial charge is 0.220 e. The molecule has 0 radical (unpaired) electrons. The Morgan fingerprint density at radius 2 is 1.88 bits per heavy atom. The van der Waals surface area contributed by atoms with Gasteiger partial charge in [0.05, 0.1) is 12.5 Å². The Kier molecular flexibility index (Phi) is 6.28. The highest BCUT2D eigenvalue weighted by Crippen LogP contribution is 2.26. The van der Waals surface area contributed by atoms with Crippen molar-refractivity contribution in [1.29, 1.82) is 0 Å². The number of Topliss-reactive ketones (excluding diaryl/α,β-unsaturated/α-hetero) is 1. The largest absolute Gasteiger partial charge is 0.461 e. The average Bonchev–Trinajstić information content (AvgIpc) is 2.94. The molecule has 25 heavy (non-hydrogen) atoms. The van der Waals surface area contributed by atoms with Crippen LogP contribution in [-0.4, -0.2) is 24.0 Å². The van der Waals surface area contributed by atoms with Gasteiger partial charge in [0.15, 0.2) is 5.78 Å². The summed E-state index contributed by atoms with van der Waals surface area (Å²) in [6, 6.07) is 9.37. The zero-order valence-electron chi connectivity index (χ0n) is 14.8. The van der Waals surface area contributed by atoms with E-state index in [0.29, 0.717) is 12.7 Å². The van der Waals surface area contributed by atoms with Crippen molar-refractivity contribution in [2.75, 3.05) is 0 Å². The van der Waals surface area contributed by atoms with Gasteiger partial charge >= 0.3 is 0 Å². The summed E-state index contributed by atoms with van der Waals surface area (Å²) in [7, 11) is 0. The van der Waals surface area contributed by atoms with Crippen molar-refractivity contribution in [3.8, 4) is 11.3 Å². The number of benzene rings is 1. The maximum Gasteiger partial charge on any atom is 0.220 e. The van der Waals surface area contributed by atoms with Crippen molar-refractivity contribution in [3.05, 3.63) is 47.2 Å². The third kappa shape index (κ3) is 5.14. The molecule has 0 spiro atoms. The van der Waals surface area contributed by atoms with Crippen molar-refractivity contribution in [3.63, 3.8) is 0 Å². The maximum absolute atomic E-state index is 12.0. The molecule has 1 aromatic heterocycles. The number of hydrogen-bond acceptors (Lipinski definition) is 4. The number of aryl methyl sites for hydroxylation is 3. The number of hydrogen-bond donors (Lipinski definition) is 1. The van der Waals surface area contributed by atoms with E-state index < -0.39 is 6.04 Å². The molecule has 5 nitrogen and oxygen atoms in total. The molecule has 0 aliphatic carbocycles. The fourth-order valence-corrected chi connectivity index (χ4v) is 2.53. The topological polar surface area (TPSA) is 76.4 Å². The van der Waals surface area contributed by atoms with Crippen LogP contribution in [0.25, 0.3) is 11.3 Å². The summed E-state index contributed by atoms with van der Waals surface area (Å²) in [6.45, 7) is 5.49. The minimum absolute atomic E-state index is 0.178. The van der Waals surface area contributed by atoms with Crippen LogP contribution in [0, 0.1) is 13.8 Å². The van der Waals surface area contributed by atoms with Gasteiger partial charge in [-0.05, 0) is 38.8 Å². The standard InChI is InChI=1S/C20H23NO4/c1-13-4-6-16(7-5-13)19-12-17(15(3)25-19)8-9-20(24)21-14(2)18(23)10-11-22/h4-7,11-12,14H,8-10H2,1-3H3,(H,21,24). The molecule has 0 aliphatic heterocycles.